The van der Waals surface area contributed by atoms with Crippen LogP contribution in [-0.4, -0.2) is 36.3 Å². The first-order valence-electron chi connectivity index (χ1n) is 8.09. The second-order valence-corrected chi connectivity index (χ2v) is 6.36. The molecule has 1 aliphatic carbocycles. The molecule has 0 heterocycles. The number of amides is 2. The third-order valence-corrected chi connectivity index (χ3v) is 4.40. The SMILES string of the molecule is Cc1cc(C)cc(C(=O)NCC(=O)N(C)C2CCCCC2)c1. The molecule has 22 heavy (non-hydrogen) atoms. The molecule has 120 valence electrons. The molecular weight excluding hydrogens is 276 g/mol. The van der Waals surface area contributed by atoms with E-state index in [1.165, 1.54) is 19.3 Å². The van der Waals surface area contributed by atoms with Gasteiger partial charge in [0.1, 0.15) is 0 Å². The van der Waals surface area contributed by atoms with Gasteiger partial charge in [-0.1, -0.05) is 36.5 Å². The van der Waals surface area contributed by atoms with Gasteiger partial charge in [0.05, 0.1) is 6.54 Å². The third-order valence-electron chi connectivity index (χ3n) is 4.40. The van der Waals surface area contributed by atoms with Gasteiger partial charge in [-0.15, -0.1) is 0 Å². The number of hydrogen-bond donors (Lipinski definition) is 1. The Morgan fingerprint density at radius 1 is 1.09 bits per heavy atom. The van der Waals surface area contributed by atoms with Crippen molar-refractivity contribution >= 4 is 11.8 Å². The molecular formula is C18H26N2O2. The van der Waals surface area contributed by atoms with E-state index in [0.29, 0.717) is 11.6 Å². The molecule has 0 saturated heterocycles. The van der Waals surface area contributed by atoms with Crippen molar-refractivity contribution < 1.29 is 9.59 Å². The first kappa shape index (κ1) is 16.5. The standard InChI is InChI=1S/C18H26N2O2/c1-13-9-14(2)11-15(10-13)18(22)19-12-17(21)20(3)16-7-5-4-6-8-16/h9-11,16H,4-8,12H2,1-3H3,(H,19,22). The topological polar surface area (TPSA) is 49.4 Å². The molecule has 4 nitrogen and oxygen atoms in total. The Bertz CT molecular complexity index is 528. The monoisotopic (exact) mass is 302 g/mol. The average Bonchev–Trinajstić information content (AvgIpc) is 2.51. The van der Waals surface area contributed by atoms with E-state index in [2.05, 4.69) is 5.32 Å². The number of nitrogens with one attached hydrogen (secondary N) is 1. The summed E-state index contributed by atoms with van der Waals surface area (Å²) < 4.78 is 0. The van der Waals surface area contributed by atoms with Crippen LogP contribution in [0.4, 0.5) is 0 Å². The lowest BCUT2D eigenvalue weighted by molar-refractivity contribution is -0.131. The Labute approximate surface area is 132 Å². The largest absolute Gasteiger partial charge is 0.343 e. The Kier molecular flexibility index (Phi) is 5.58. The molecule has 2 amide bonds. The fourth-order valence-electron chi connectivity index (χ4n) is 3.16. The van der Waals surface area contributed by atoms with E-state index in [0.717, 1.165) is 24.0 Å². The molecule has 0 bridgehead atoms. The molecule has 4 heteroatoms. The maximum atomic E-state index is 12.2. The van der Waals surface area contributed by atoms with E-state index >= 15 is 0 Å². The second-order valence-electron chi connectivity index (χ2n) is 6.36. The minimum atomic E-state index is -0.183. The predicted octanol–water partition coefficient (Wildman–Crippen LogP) is 2.82. The highest BCUT2D eigenvalue weighted by atomic mass is 16.2. The summed E-state index contributed by atoms with van der Waals surface area (Å²) in [7, 11) is 1.85. The maximum absolute atomic E-state index is 12.2. The van der Waals surface area contributed by atoms with Crippen molar-refractivity contribution in [2.45, 2.75) is 52.0 Å². The lowest BCUT2D eigenvalue weighted by Crippen LogP contribution is -2.44. The highest BCUT2D eigenvalue weighted by molar-refractivity contribution is 5.96. The summed E-state index contributed by atoms with van der Waals surface area (Å²) in [5.41, 5.74) is 2.72. The predicted molar refractivity (Wildman–Crippen MR) is 87.9 cm³/mol. The molecule has 0 atom stereocenters. The van der Waals surface area contributed by atoms with E-state index in [1.807, 2.05) is 39.1 Å². The van der Waals surface area contributed by atoms with E-state index in [9.17, 15) is 9.59 Å². The van der Waals surface area contributed by atoms with Crippen LogP contribution in [0, 0.1) is 13.8 Å². The molecule has 1 aliphatic rings. The summed E-state index contributed by atoms with van der Waals surface area (Å²) >= 11 is 0. The summed E-state index contributed by atoms with van der Waals surface area (Å²) in [5.74, 6) is -0.193. The van der Waals surface area contributed by atoms with Crippen LogP contribution >= 0.6 is 0 Å². The van der Waals surface area contributed by atoms with Gasteiger partial charge in [0.25, 0.3) is 5.91 Å². The second kappa shape index (κ2) is 7.43. The molecule has 1 fully saturated rings. The molecule has 0 unspecified atom stereocenters. The van der Waals surface area contributed by atoms with Crippen LogP contribution in [0.2, 0.25) is 0 Å². The maximum Gasteiger partial charge on any atom is 0.251 e. The van der Waals surface area contributed by atoms with Crippen LogP contribution in [0.5, 0.6) is 0 Å². The lowest BCUT2D eigenvalue weighted by atomic mass is 9.94. The molecule has 1 saturated carbocycles. The van der Waals surface area contributed by atoms with Crippen LogP contribution in [-0.2, 0) is 4.79 Å². The summed E-state index contributed by atoms with van der Waals surface area (Å²) in [6, 6.07) is 6.05. The first-order chi connectivity index (χ1) is 10.5. The summed E-state index contributed by atoms with van der Waals surface area (Å²) in [5, 5.41) is 2.74. The molecule has 0 aliphatic heterocycles. The lowest BCUT2D eigenvalue weighted by Gasteiger charge is -2.31. The van der Waals surface area contributed by atoms with Gasteiger partial charge in [0.15, 0.2) is 0 Å². The zero-order valence-electron chi connectivity index (χ0n) is 13.8. The fraction of sp³-hybridized carbons (Fsp3) is 0.556. The number of likely N-dealkylation sites (N-methyl/N-ethyl adjacent to an activating group) is 1. The highest BCUT2D eigenvalue weighted by Gasteiger charge is 2.22. The van der Waals surface area contributed by atoms with E-state index in [-0.39, 0.29) is 18.4 Å². The van der Waals surface area contributed by atoms with Crippen molar-refractivity contribution in [1.82, 2.24) is 10.2 Å². The minimum Gasteiger partial charge on any atom is -0.343 e. The number of rotatable bonds is 4. The van der Waals surface area contributed by atoms with Crippen LogP contribution < -0.4 is 5.32 Å². The average molecular weight is 302 g/mol. The number of aryl methyl sites for hydroxylation is 2. The third kappa shape index (κ3) is 4.33. The smallest absolute Gasteiger partial charge is 0.251 e. The van der Waals surface area contributed by atoms with E-state index in [4.69, 9.17) is 0 Å². The van der Waals surface area contributed by atoms with Crippen molar-refractivity contribution in [2.75, 3.05) is 13.6 Å². The summed E-state index contributed by atoms with van der Waals surface area (Å²) in [6.45, 7) is 4.00. The zero-order chi connectivity index (χ0) is 16.1. The van der Waals surface area contributed by atoms with Gasteiger partial charge in [-0.3, -0.25) is 9.59 Å². The Morgan fingerprint density at radius 3 is 2.27 bits per heavy atom. The highest BCUT2D eigenvalue weighted by Crippen LogP contribution is 2.21. The Balaban J connectivity index is 1.88. The van der Waals surface area contributed by atoms with Gasteiger partial charge in [-0.25, -0.2) is 0 Å². The quantitative estimate of drug-likeness (QED) is 0.930. The number of benzene rings is 1. The van der Waals surface area contributed by atoms with E-state index in [1.54, 1.807) is 4.90 Å². The molecule has 1 aromatic carbocycles. The van der Waals surface area contributed by atoms with Crippen LogP contribution in [0.15, 0.2) is 18.2 Å². The van der Waals surface area contributed by atoms with Crippen LogP contribution in [0.25, 0.3) is 0 Å². The molecule has 1 aromatic rings. The van der Waals surface area contributed by atoms with Crippen molar-refractivity contribution in [2.24, 2.45) is 0 Å². The first-order valence-corrected chi connectivity index (χ1v) is 8.09. The Morgan fingerprint density at radius 2 is 1.68 bits per heavy atom. The molecule has 2 rings (SSSR count). The van der Waals surface area contributed by atoms with Crippen molar-refractivity contribution in [3.8, 4) is 0 Å². The van der Waals surface area contributed by atoms with Gasteiger partial charge in [-0.05, 0) is 38.8 Å². The van der Waals surface area contributed by atoms with Crippen molar-refractivity contribution in [1.29, 1.82) is 0 Å². The van der Waals surface area contributed by atoms with Crippen molar-refractivity contribution in [3.05, 3.63) is 34.9 Å². The minimum absolute atomic E-state index is 0.00961. The van der Waals surface area contributed by atoms with Gasteiger partial charge in [0.2, 0.25) is 5.91 Å². The van der Waals surface area contributed by atoms with Gasteiger partial charge in [-0.2, -0.15) is 0 Å². The van der Waals surface area contributed by atoms with Crippen molar-refractivity contribution in [3.63, 3.8) is 0 Å². The Hall–Kier alpha value is -1.84. The molecule has 1 N–H and O–H groups in total. The molecule has 0 aromatic heterocycles. The number of hydrogen-bond acceptors (Lipinski definition) is 2. The van der Waals surface area contributed by atoms with Crippen LogP contribution in [0.1, 0.15) is 53.6 Å². The van der Waals surface area contributed by atoms with Gasteiger partial charge in [0, 0.05) is 18.7 Å². The normalized spacial score (nSPS) is 15.4. The van der Waals surface area contributed by atoms with Gasteiger partial charge >= 0.3 is 0 Å². The van der Waals surface area contributed by atoms with Crippen LogP contribution in [0.3, 0.4) is 0 Å². The molecule has 0 radical (unpaired) electrons. The zero-order valence-corrected chi connectivity index (χ0v) is 13.8. The summed E-state index contributed by atoms with van der Waals surface area (Å²) in [4.78, 5) is 26.2. The number of carbonyl (C=O) groups is 2. The van der Waals surface area contributed by atoms with Gasteiger partial charge < -0.3 is 10.2 Å². The number of carbonyl (C=O) groups excluding carboxylic acids is 2. The fourth-order valence-corrected chi connectivity index (χ4v) is 3.16. The number of nitrogens with zero attached hydrogens (tertiary/aromatic N) is 1. The summed E-state index contributed by atoms with van der Waals surface area (Å²) in [6.07, 6.45) is 5.80. The molecule has 0 spiro atoms. The van der Waals surface area contributed by atoms with E-state index < -0.39 is 0 Å².